The van der Waals surface area contributed by atoms with Gasteiger partial charge in [-0.15, -0.1) is 0 Å². The summed E-state index contributed by atoms with van der Waals surface area (Å²) in [5.74, 6) is 0.909. The van der Waals surface area contributed by atoms with Crippen LogP contribution >= 0.6 is 0 Å². The van der Waals surface area contributed by atoms with Crippen LogP contribution in [-0.2, 0) is 0 Å². The third-order valence-corrected chi connectivity index (χ3v) is 7.50. The second-order valence-corrected chi connectivity index (χ2v) is 8.73. The summed E-state index contributed by atoms with van der Waals surface area (Å²) in [6, 6.07) is 1.58. The summed E-state index contributed by atoms with van der Waals surface area (Å²) in [5, 5.41) is 9.17. The Balaban J connectivity index is 1.24. The Bertz CT molecular complexity index is 469. The summed E-state index contributed by atoms with van der Waals surface area (Å²) in [6.45, 7) is 8.90. The van der Waals surface area contributed by atoms with E-state index in [1.807, 2.05) is 0 Å². The molecular weight excluding hydrogens is 302 g/mol. The van der Waals surface area contributed by atoms with Crippen LogP contribution in [0.1, 0.15) is 51.9 Å². The number of hydrogen-bond donors (Lipinski definition) is 1. The van der Waals surface area contributed by atoms with E-state index < -0.39 is 6.09 Å². The van der Waals surface area contributed by atoms with Crippen molar-refractivity contribution in [2.24, 2.45) is 11.3 Å². The minimum Gasteiger partial charge on any atom is -0.465 e. The van der Waals surface area contributed by atoms with E-state index >= 15 is 0 Å². The zero-order valence-corrected chi connectivity index (χ0v) is 15.1. The standard InChI is InChI=1S/C19H33N3O2/c1-2-20-8-3-4-17(20)15-5-9-21(10-6-15)16-12-19(13-16)7-11-22(14-19)18(23)24/h15-17H,2-14H2,1H3,(H,23,24). The minimum atomic E-state index is -0.729. The van der Waals surface area contributed by atoms with Gasteiger partial charge in [-0.1, -0.05) is 6.92 Å². The van der Waals surface area contributed by atoms with Crippen LogP contribution in [0.5, 0.6) is 0 Å². The maximum absolute atomic E-state index is 11.1. The molecule has 1 N–H and O–H groups in total. The molecule has 1 saturated carbocycles. The van der Waals surface area contributed by atoms with Crippen molar-refractivity contribution in [3.05, 3.63) is 0 Å². The molecule has 3 heterocycles. The van der Waals surface area contributed by atoms with E-state index in [0.29, 0.717) is 5.41 Å². The second kappa shape index (κ2) is 6.49. The van der Waals surface area contributed by atoms with E-state index in [0.717, 1.165) is 37.5 Å². The van der Waals surface area contributed by atoms with Crippen LogP contribution in [0.4, 0.5) is 4.79 Å². The van der Waals surface area contributed by atoms with Crippen molar-refractivity contribution in [2.45, 2.75) is 64.0 Å². The van der Waals surface area contributed by atoms with Crippen molar-refractivity contribution < 1.29 is 9.90 Å². The highest BCUT2D eigenvalue weighted by Gasteiger charge is 2.51. The summed E-state index contributed by atoms with van der Waals surface area (Å²) >= 11 is 0. The average molecular weight is 335 g/mol. The number of likely N-dealkylation sites (tertiary alicyclic amines) is 3. The fourth-order valence-corrected chi connectivity index (χ4v) is 6.08. The summed E-state index contributed by atoms with van der Waals surface area (Å²) < 4.78 is 0. The Hall–Kier alpha value is -0.810. The van der Waals surface area contributed by atoms with Gasteiger partial charge < -0.3 is 19.8 Å². The molecule has 4 aliphatic rings. The largest absolute Gasteiger partial charge is 0.465 e. The molecule has 0 aromatic carbocycles. The molecule has 0 aromatic rings. The van der Waals surface area contributed by atoms with E-state index in [-0.39, 0.29) is 0 Å². The van der Waals surface area contributed by atoms with Crippen LogP contribution in [-0.4, -0.2) is 77.3 Å². The predicted molar refractivity (Wildman–Crippen MR) is 94.2 cm³/mol. The van der Waals surface area contributed by atoms with Gasteiger partial charge >= 0.3 is 6.09 Å². The lowest BCUT2D eigenvalue weighted by Crippen LogP contribution is -2.55. The number of carbonyl (C=O) groups is 1. The van der Waals surface area contributed by atoms with Crippen LogP contribution in [0.2, 0.25) is 0 Å². The Labute approximate surface area is 146 Å². The van der Waals surface area contributed by atoms with E-state index in [1.54, 1.807) is 4.90 Å². The van der Waals surface area contributed by atoms with Crippen LogP contribution in [0.15, 0.2) is 0 Å². The van der Waals surface area contributed by atoms with Gasteiger partial charge in [0.1, 0.15) is 0 Å². The molecule has 24 heavy (non-hydrogen) atoms. The third kappa shape index (κ3) is 2.94. The highest BCUT2D eigenvalue weighted by atomic mass is 16.4. The van der Waals surface area contributed by atoms with Crippen LogP contribution in [0.25, 0.3) is 0 Å². The quantitative estimate of drug-likeness (QED) is 0.861. The molecular formula is C19H33N3O2. The number of hydrogen-bond acceptors (Lipinski definition) is 3. The first-order valence-corrected chi connectivity index (χ1v) is 10.1. The van der Waals surface area contributed by atoms with Gasteiger partial charge in [-0.2, -0.15) is 0 Å². The number of rotatable bonds is 3. The zero-order valence-electron chi connectivity index (χ0n) is 15.1. The molecule has 0 aromatic heterocycles. The van der Waals surface area contributed by atoms with Crippen molar-refractivity contribution >= 4 is 6.09 Å². The lowest BCUT2D eigenvalue weighted by molar-refractivity contribution is -0.0150. The molecule has 0 radical (unpaired) electrons. The first-order valence-electron chi connectivity index (χ1n) is 10.1. The zero-order chi connectivity index (χ0) is 16.7. The monoisotopic (exact) mass is 335 g/mol. The van der Waals surface area contributed by atoms with Crippen molar-refractivity contribution in [1.29, 1.82) is 0 Å². The molecule has 3 aliphatic heterocycles. The Morgan fingerprint density at radius 1 is 1.12 bits per heavy atom. The van der Waals surface area contributed by atoms with E-state index in [2.05, 4.69) is 16.7 Å². The van der Waals surface area contributed by atoms with Crippen molar-refractivity contribution in [2.75, 3.05) is 39.3 Å². The predicted octanol–water partition coefficient (Wildman–Crippen LogP) is 2.72. The molecule has 1 spiro atoms. The SMILES string of the molecule is CCN1CCCC1C1CCN(C2CC3(CCN(C(=O)O)C3)C2)CC1. The molecule has 4 rings (SSSR count). The lowest BCUT2D eigenvalue weighted by Gasteiger charge is -2.52. The van der Waals surface area contributed by atoms with Gasteiger partial charge in [-0.05, 0) is 82.5 Å². The van der Waals surface area contributed by atoms with Gasteiger partial charge in [0.05, 0.1) is 0 Å². The summed E-state index contributed by atoms with van der Waals surface area (Å²) in [5.41, 5.74) is 0.324. The normalized spacial score (nSPS) is 38.8. The molecule has 136 valence electrons. The topological polar surface area (TPSA) is 47.0 Å². The Kier molecular flexibility index (Phi) is 4.50. The number of nitrogens with zero attached hydrogens (tertiary/aromatic N) is 3. The molecule has 1 amide bonds. The van der Waals surface area contributed by atoms with Crippen molar-refractivity contribution in [1.82, 2.24) is 14.7 Å². The first-order chi connectivity index (χ1) is 11.6. The number of amides is 1. The van der Waals surface area contributed by atoms with Crippen LogP contribution in [0.3, 0.4) is 0 Å². The Morgan fingerprint density at radius 2 is 1.88 bits per heavy atom. The van der Waals surface area contributed by atoms with Crippen molar-refractivity contribution in [3.63, 3.8) is 0 Å². The summed E-state index contributed by atoms with van der Waals surface area (Å²) in [4.78, 5) is 18.2. The number of carboxylic acid groups (broad SMARTS) is 1. The van der Waals surface area contributed by atoms with Gasteiger partial charge in [-0.25, -0.2) is 4.79 Å². The van der Waals surface area contributed by atoms with Gasteiger partial charge in [0.15, 0.2) is 0 Å². The molecule has 1 atom stereocenters. The molecule has 5 heteroatoms. The van der Waals surface area contributed by atoms with Gasteiger partial charge in [-0.3, -0.25) is 0 Å². The van der Waals surface area contributed by atoms with Gasteiger partial charge in [0, 0.05) is 25.2 Å². The summed E-state index contributed by atoms with van der Waals surface area (Å²) in [7, 11) is 0. The van der Waals surface area contributed by atoms with Gasteiger partial charge in [0.2, 0.25) is 0 Å². The van der Waals surface area contributed by atoms with Crippen LogP contribution in [0, 0.1) is 11.3 Å². The molecule has 0 bridgehead atoms. The maximum Gasteiger partial charge on any atom is 0.407 e. The Morgan fingerprint density at radius 3 is 2.50 bits per heavy atom. The number of piperidine rings is 1. The summed E-state index contributed by atoms with van der Waals surface area (Å²) in [6.07, 6.45) is 8.35. The first kappa shape index (κ1) is 16.6. The molecule has 4 fully saturated rings. The van der Waals surface area contributed by atoms with E-state index in [4.69, 9.17) is 5.11 Å². The molecule has 3 saturated heterocycles. The highest BCUT2D eigenvalue weighted by Crippen LogP contribution is 2.50. The third-order valence-electron chi connectivity index (χ3n) is 7.50. The van der Waals surface area contributed by atoms with E-state index in [1.165, 1.54) is 64.7 Å². The molecule has 1 aliphatic carbocycles. The maximum atomic E-state index is 11.1. The lowest BCUT2D eigenvalue weighted by atomic mass is 9.64. The molecule has 1 unspecified atom stereocenters. The second-order valence-electron chi connectivity index (χ2n) is 8.73. The average Bonchev–Trinajstić information content (AvgIpc) is 3.20. The van der Waals surface area contributed by atoms with E-state index in [9.17, 15) is 4.79 Å². The van der Waals surface area contributed by atoms with Crippen molar-refractivity contribution in [3.8, 4) is 0 Å². The van der Waals surface area contributed by atoms with Gasteiger partial charge in [0.25, 0.3) is 0 Å². The molecule has 5 nitrogen and oxygen atoms in total. The fraction of sp³-hybridized carbons (Fsp3) is 0.947. The van der Waals surface area contributed by atoms with Crippen LogP contribution < -0.4 is 0 Å². The minimum absolute atomic E-state index is 0.324. The highest BCUT2D eigenvalue weighted by molar-refractivity contribution is 5.65. The smallest absolute Gasteiger partial charge is 0.407 e. The fourth-order valence-electron chi connectivity index (χ4n) is 6.08.